The molecule has 0 nitrogen and oxygen atoms in total. The van der Waals surface area contributed by atoms with Crippen LogP contribution < -0.4 is 0 Å². The molecule has 0 unspecified atom stereocenters. The van der Waals surface area contributed by atoms with E-state index in [2.05, 4.69) is 0 Å². The van der Waals surface area contributed by atoms with E-state index < -0.39 is 5.92 Å². The van der Waals surface area contributed by atoms with Gasteiger partial charge in [0, 0.05) is 18.7 Å². The molecule has 1 fully saturated rings. The lowest BCUT2D eigenvalue weighted by molar-refractivity contribution is -0.0278. The Balaban J connectivity index is 2.41. The molecule has 0 saturated heterocycles. The van der Waals surface area contributed by atoms with Crippen LogP contribution in [0.15, 0.2) is 0 Å². The first-order valence-electron chi connectivity index (χ1n) is 3.97. The van der Waals surface area contributed by atoms with Crippen molar-refractivity contribution in [2.45, 2.75) is 38.5 Å². The van der Waals surface area contributed by atoms with Crippen LogP contribution in [0.5, 0.6) is 0 Å². The highest BCUT2D eigenvalue weighted by Crippen LogP contribution is 2.53. The van der Waals surface area contributed by atoms with E-state index >= 15 is 0 Å². The van der Waals surface area contributed by atoms with E-state index in [1.165, 1.54) is 6.92 Å². The SMILES string of the molecule is CCC(F)(F)CC1(CCl)CC1. The van der Waals surface area contributed by atoms with Gasteiger partial charge in [0.25, 0.3) is 0 Å². The van der Waals surface area contributed by atoms with E-state index in [-0.39, 0.29) is 18.3 Å². The molecule has 1 saturated carbocycles. The highest BCUT2D eigenvalue weighted by molar-refractivity contribution is 6.18. The van der Waals surface area contributed by atoms with Gasteiger partial charge in [-0.2, -0.15) is 0 Å². The number of hydrogen-bond acceptors (Lipinski definition) is 0. The standard InChI is InChI=1S/C8H13ClF2/c1-2-8(10,11)5-7(6-9)3-4-7/h2-6H2,1H3. The van der Waals surface area contributed by atoms with Crippen molar-refractivity contribution >= 4 is 11.6 Å². The number of alkyl halides is 3. The molecule has 0 N–H and O–H groups in total. The summed E-state index contributed by atoms with van der Waals surface area (Å²) in [6.45, 7) is 1.52. The molecule has 3 heteroatoms. The fourth-order valence-electron chi connectivity index (χ4n) is 1.21. The van der Waals surface area contributed by atoms with Crippen molar-refractivity contribution in [1.29, 1.82) is 0 Å². The van der Waals surface area contributed by atoms with Crippen LogP contribution in [0.1, 0.15) is 32.6 Å². The van der Waals surface area contributed by atoms with Gasteiger partial charge in [-0.05, 0) is 18.3 Å². The van der Waals surface area contributed by atoms with Crippen LogP contribution in [0.25, 0.3) is 0 Å². The molecular formula is C8H13ClF2. The molecule has 66 valence electrons. The quantitative estimate of drug-likeness (QED) is 0.585. The minimum absolute atomic E-state index is 0.0139. The van der Waals surface area contributed by atoms with Gasteiger partial charge in [-0.3, -0.25) is 0 Å². The Hall–Kier alpha value is 0.150. The van der Waals surface area contributed by atoms with Gasteiger partial charge >= 0.3 is 0 Å². The van der Waals surface area contributed by atoms with Crippen LogP contribution in [0.2, 0.25) is 0 Å². The highest BCUT2D eigenvalue weighted by Gasteiger charge is 2.48. The maximum absolute atomic E-state index is 12.8. The molecule has 1 aliphatic rings. The molecule has 0 aromatic heterocycles. The smallest absolute Gasteiger partial charge is 0.207 e. The summed E-state index contributed by atoms with van der Waals surface area (Å²) in [5.74, 6) is -2.10. The summed E-state index contributed by atoms with van der Waals surface area (Å²) in [4.78, 5) is 0. The Bertz CT molecular complexity index is 137. The van der Waals surface area contributed by atoms with Crippen molar-refractivity contribution < 1.29 is 8.78 Å². The normalized spacial score (nSPS) is 21.8. The fraction of sp³-hybridized carbons (Fsp3) is 1.00. The van der Waals surface area contributed by atoms with Gasteiger partial charge in [0.05, 0.1) is 0 Å². The second-order valence-corrected chi connectivity index (χ2v) is 3.79. The molecule has 0 amide bonds. The third-order valence-electron chi connectivity index (χ3n) is 2.39. The molecule has 0 aromatic rings. The van der Waals surface area contributed by atoms with Crippen LogP contribution in [-0.4, -0.2) is 11.8 Å². The second kappa shape index (κ2) is 2.89. The summed E-state index contributed by atoms with van der Waals surface area (Å²) in [6.07, 6.45) is 1.68. The third-order valence-corrected chi connectivity index (χ3v) is 2.96. The molecule has 11 heavy (non-hydrogen) atoms. The van der Waals surface area contributed by atoms with E-state index in [1.54, 1.807) is 0 Å². The monoisotopic (exact) mass is 182 g/mol. The predicted octanol–water partition coefficient (Wildman–Crippen LogP) is 3.44. The van der Waals surface area contributed by atoms with Crippen molar-refractivity contribution in [1.82, 2.24) is 0 Å². The lowest BCUT2D eigenvalue weighted by Crippen LogP contribution is -2.21. The molecule has 0 spiro atoms. The maximum atomic E-state index is 12.8. The molecule has 0 radical (unpaired) electrons. The Kier molecular flexibility index (Phi) is 2.43. The highest BCUT2D eigenvalue weighted by atomic mass is 35.5. The minimum Gasteiger partial charge on any atom is -0.207 e. The molecule has 0 heterocycles. The zero-order chi connectivity index (χ0) is 8.54. The summed E-state index contributed by atoms with van der Waals surface area (Å²) in [5, 5.41) is 0. The first-order valence-corrected chi connectivity index (χ1v) is 4.51. The summed E-state index contributed by atoms with van der Waals surface area (Å²) >= 11 is 5.59. The Morgan fingerprint density at radius 2 is 2.00 bits per heavy atom. The zero-order valence-electron chi connectivity index (χ0n) is 6.67. The Labute approximate surface area is 70.9 Å². The first kappa shape index (κ1) is 9.24. The van der Waals surface area contributed by atoms with Crippen molar-refractivity contribution in [2.75, 3.05) is 5.88 Å². The van der Waals surface area contributed by atoms with Crippen molar-refractivity contribution in [2.24, 2.45) is 5.41 Å². The molecule has 1 aliphatic carbocycles. The Morgan fingerprint density at radius 3 is 2.27 bits per heavy atom. The van der Waals surface area contributed by atoms with E-state index in [9.17, 15) is 8.78 Å². The van der Waals surface area contributed by atoms with Gasteiger partial charge in [0.15, 0.2) is 0 Å². The maximum Gasteiger partial charge on any atom is 0.248 e. The van der Waals surface area contributed by atoms with Crippen LogP contribution >= 0.6 is 11.6 Å². The topological polar surface area (TPSA) is 0 Å². The van der Waals surface area contributed by atoms with Gasteiger partial charge in [-0.15, -0.1) is 11.6 Å². The largest absolute Gasteiger partial charge is 0.248 e. The summed E-state index contributed by atoms with van der Waals surface area (Å²) in [6, 6.07) is 0. The van der Waals surface area contributed by atoms with E-state index in [0.717, 1.165) is 12.8 Å². The molecule has 0 aliphatic heterocycles. The average molecular weight is 183 g/mol. The molecule has 0 bridgehead atoms. The number of hydrogen-bond donors (Lipinski definition) is 0. The minimum atomic E-state index is -2.49. The zero-order valence-corrected chi connectivity index (χ0v) is 7.43. The lowest BCUT2D eigenvalue weighted by atomic mass is 9.99. The van der Waals surface area contributed by atoms with E-state index in [1.807, 2.05) is 0 Å². The van der Waals surface area contributed by atoms with Gasteiger partial charge < -0.3 is 0 Å². The van der Waals surface area contributed by atoms with E-state index in [0.29, 0.717) is 5.88 Å². The van der Waals surface area contributed by atoms with Crippen LogP contribution in [0, 0.1) is 5.41 Å². The van der Waals surface area contributed by atoms with E-state index in [4.69, 9.17) is 11.6 Å². The third kappa shape index (κ3) is 2.29. The molecular weight excluding hydrogens is 170 g/mol. The number of rotatable bonds is 4. The van der Waals surface area contributed by atoms with Crippen LogP contribution in [0.3, 0.4) is 0 Å². The van der Waals surface area contributed by atoms with Crippen molar-refractivity contribution in [3.8, 4) is 0 Å². The van der Waals surface area contributed by atoms with Crippen molar-refractivity contribution in [3.63, 3.8) is 0 Å². The van der Waals surface area contributed by atoms with Crippen molar-refractivity contribution in [3.05, 3.63) is 0 Å². The predicted molar refractivity (Wildman–Crippen MR) is 42.2 cm³/mol. The van der Waals surface area contributed by atoms with Crippen LogP contribution in [-0.2, 0) is 0 Å². The van der Waals surface area contributed by atoms with Gasteiger partial charge in [-0.1, -0.05) is 6.92 Å². The fourth-order valence-corrected chi connectivity index (χ4v) is 1.57. The van der Waals surface area contributed by atoms with Gasteiger partial charge in [-0.25, -0.2) is 8.78 Å². The van der Waals surface area contributed by atoms with Gasteiger partial charge in [0.1, 0.15) is 0 Å². The first-order chi connectivity index (χ1) is 5.04. The summed E-state index contributed by atoms with van der Waals surface area (Å²) in [7, 11) is 0. The summed E-state index contributed by atoms with van der Waals surface area (Å²) < 4.78 is 25.6. The molecule has 0 aromatic carbocycles. The lowest BCUT2D eigenvalue weighted by Gasteiger charge is -2.19. The summed E-state index contributed by atoms with van der Waals surface area (Å²) in [5.41, 5.74) is -0.207. The molecule has 0 atom stereocenters. The number of halogens is 3. The van der Waals surface area contributed by atoms with Gasteiger partial charge in [0.2, 0.25) is 5.92 Å². The second-order valence-electron chi connectivity index (χ2n) is 3.52. The average Bonchev–Trinajstić information content (AvgIpc) is 2.69. The molecule has 1 rings (SSSR count). The van der Waals surface area contributed by atoms with Crippen LogP contribution in [0.4, 0.5) is 8.78 Å². The Morgan fingerprint density at radius 1 is 1.45 bits per heavy atom.